The van der Waals surface area contributed by atoms with E-state index in [0.717, 1.165) is 30.4 Å². The molecule has 5 nitrogen and oxygen atoms in total. The number of hydrogen-bond donors (Lipinski definition) is 1. The Morgan fingerprint density at radius 1 is 1.29 bits per heavy atom. The summed E-state index contributed by atoms with van der Waals surface area (Å²) in [5.41, 5.74) is 1.17. The highest BCUT2D eigenvalue weighted by Gasteiger charge is 2.16. The molecule has 0 spiro atoms. The molecular weight excluding hydrogens is 264 g/mol. The van der Waals surface area contributed by atoms with Crippen molar-refractivity contribution >= 4 is 0 Å². The summed E-state index contributed by atoms with van der Waals surface area (Å²) >= 11 is 0. The van der Waals surface area contributed by atoms with Gasteiger partial charge in [-0.1, -0.05) is 18.2 Å². The Hall–Kier alpha value is -1.88. The fourth-order valence-electron chi connectivity index (χ4n) is 2.74. The highest BCUT2D eigenvalue weighted by molar-refractivity contribution is 5.35. The van der Waals surface area contributed by atoms with E-state index in [1.807, 2.05) is 25.2 Å². The Morgan fingerprint density at radius 3 is 3.00 bits per heavy atom. The molecule has 1 aliphatic heterocycles. The molecule has 112 valence electrons. The lowest BCUT2D eigenvalue weighted by Crippen LogP contribution is -2.16. The number of nitrogens with one attached hydrogen (secondary N) is 1. The standard InChI is InChI=1S/C16H22N4O/c1-12(17-2)13-7-3-4-8-14(13)21-11-16-19-18-15-9-5-6-10-20(15)16/h3-4,7-8,12,17H,5-6,9-11H2,1-2H3. The van der Waals surface area contributed by atoms with Gasteiger partial charge in [-0.25, -0.2) is 0 Å². The Kier molecular flexibility index (Phi) is 4.20. The van der Waals surface area contributed by atoms with Gasteiger partial charge >= 0.3 is 0 Å². The first-order valence-electron chi connectivity index (χ1n) is 7.59. The first kappa shape index (κ1) is 14.1. The summed E-state index contributed by atoms with van der Waals surface area (Å²) in [7, 11) is 1.95. The molecule has 0 aliphatic carbocycles. The second-order valence-electron chi connectivity index (χ2n) is 5.48. The molecule has 1 aromatic heterocycles. The second kappa shape index (κ2) is 6.26. The maximum absolute atomic E-state index is 6.01. The lowest BCUT2D eigenvalue weighted by atomic mass is 10.1. The molecule has 2 heterocycles. The fourth-order valence-corrected chi connectivity index (χ4v) is 2.74. The number of aryl methyl sites for hydroxylation is 1. The van der Waals surface area contributed by atoms with E-state index in [1.54, 1.807) is 0 Å². The average molecular weight is 286 g/mol. The van der Waals surface area contributed by atoms with Crippen molar-refractivity contribution in [2.75, 3.05) is 7.05 Å². The van der Waals surface area contributed by atoms with E-state index in [-0.39, 0.29) is 6.04 Å². The number of nitrogens with zero attached hydrogens (tertiary/aromatic N) is 3. The summed E-state index contributed by atoms with van der Waals surface area (Å²) in [5.74, 6) is 2.93. The van der Waals surface area contributed by atoms with Crippen LogP contribution >= 0.6 is 0 Å². The maximum atomic E-state index is 6.01. The van der Waals surface area contributed by atoms with Gasteiger partial charge in [0.25, 0.3) is 0 Å². The number of rotatable bonds is 5. The highest BCUT2D eigenvalue weighted by atomic mass is 16.5. The lowest BCUT2D eigenvalue weighted by molar-refractivity contribution is 0.281. The molecule has 2 aromatic rings. The van der Waals surface area contributed by atoms with Crippen LogP contribution in [0.5, 0.6) is 5.75 Å². The molecule has 1 N–H and O–H groups in total. The number of aromatic nitrogens is 3. The summed E-state index contributed by atoms with van der Waals surface area (Å²) in [6.45, 7) is 3.61. The van der Waals surface area contributed by atoms with Crippen LogP contribution in [0.25, 0.3) is 0 Å². The van der Waals surface area contributed by atoms with Crippen molar-refractivity contribution in [1.82, 2.24) is 20.1 Å². The zero-order valence-corrected chi connectivity index (χ0v) is 12.7. The number of fused-ring (bicyclic) bond motifs is 1. The Balaban J connectivity index is 1.75. The summed E-state index contributed by atoms with van der Waals surface area (Å²) < 4.78 is 8.21. The van der Waals surface area contributed by atoms with Crippen LogP contribution in [0.4, 0.5) is 0 Å². The Bertz CT molecular complexity index is 608. The largest absolute Gasteiger partial charge is 0.485 e. The summed E-state index contributed by atoms with van der Waals surface area (Å²) in [6.07, 6.45) is 3.44. The molecule has 1 aromatic carbocycles. The molecule has 0 amide bonds. The van der Waals surface area contributed by atoms with E-state index in [4.69, 9.17) is 4.74 Å². The van der Waals surface area contributed by atoms with E-state index >= 15 is 0 Å². The van der Waals surface area contributed by atoms with E-state index < -0.39 is 0 Å². The molecule has 21 heavy (non-hydrogen) atoms. The monoisotopic (exact) mass is 286 g/mol. The van der Waals surface area contributed by atoms with Gasteiger partial charge in [-0.05, 0) is 32.9 Å². The fraction of sp³-hybridized carbons (Fsp3) is 0.500. The highest BCUT2D eigenvalue weighted by Crippen LogP contribution is 2.25. The molecule has 0 saturated carbocycles. The van der Waals surface area contributed by atoms with Crippen LogP contribution in [0, 0.1) is 0 Å². The van der Waals surface area contributed by atoms with Crippen LogP contribution < -0.4 is 10.1 Å². The summed E-state index contributed by atoms with van der Waals surface area (Å²) in [4.78, 5) is 0. The molecule has 1 unspecified atom stereocenters. The molecule has 1 aliphatic rings. The van der Waals surface area contributed by atoms with Crippen LogP contribution in [-0.2, 0) is 19.6 Å². The van der Waals surface area contributed by atoms with Gasteiger partial charge < -0.3 is 14.6 Å². The van der Waals surface area contributed by atoms with Crippen LogP contribution in [0.3, 0.4) is 0 Å². The number of para-hydroxylation sites is 1. The predicted octanol–water partition coefficient (Wildman–Crippen LogP) is 2.47. The van der Waals surface area contributed by atoms with Crippen molar-refractivity contribution in [1.29, 1.82) is 0 Å². The van der Waals surface area contributed by atoms with Gasteiger partial charge in [0.1, 0.15) is 18.2 Å². The molecule has 0 fully saturated rings. The van der Waals surface area contributed by atoms with E-state index in [2.05, 4.69) is 33.1 Å². The maximum Gasteiger partial charge on any atom is 0.171 e. The van der Waals surface area contributed by atoms with Gasteiger partial charge in [0.15, 0.2) is 5.82 Å². The van der Waals surface area contributed by atoms with Gasteiger partial charge in [0.05, 0.1) is 0 Å². The van der Waals surface area contributed by atoms with E-state index in [0.29, 0.717) is 6.61 Å². The van der Waals surface area contributed by atoms with Crippen molar-refractivity contribution in [2.45, 2.75) is 45.4 Å². The zero-order valence-electron chi connectivity index (χ0n) is 12.7. The average Bonchev–Trinajstić information content (AvgIpc) is 2.96. The van der Waals surface area contributed by atoms with Crippen molar-refractivity contribution in [3.63, 3.8) is 0 Å². The third-order valence-corrected chi connectivity index (χ3v) is 4.11. The van der Waals surface area contributed by atoms with Gasteiger partial charge in [0.2, 0.25) is 0 Å². The minimum atomic E-state index is 0.258. The summed E-state index contributed by atoms with van der Waals surface area (Å²) in [6, 6.07) is 8.40. The Labute approximate surface area is 125 Å². The first-order valence-corrected chi connectivity index (χ1v) is 7.59. The third-order valence-electron chi connectivity index (χ3n) is 4.11. The molecular formula is C16H22N4O. The molecule has 0 radical (unpaired) electrons. The van der Waals surface area contributed by atoms with E-state index in [9.17, 15) is 0 Å². The summed E-state index contributed by atoms with van der Waals surface area (Å²) in [5, 5.41) is 11.8. The first-order chi connectivity index (χ1) is 10.3. The van der Waals surface area contributed by atoms with E-state index in [1.165, 1.54) is 18.4 Å². The minimum absolute atomic E-state index is 0.258. The quantitative estimate of drug-likeness (QED) is 0.917. The van der Waals surface area contributed by atoms with Crippen molar-refractivity contribution in [3.05, 3.63) is 41.5 Å². The number of hydrogen-bond acceptors (Lipinski definition) is 4. The smallest absolute Gasteiger partial charge is 0.171 e. The van der Waals surface area contributed by atoms with Crippen LogP contribution in [0.2, 0.25) is 0 Å². The van der Waals surface area contributed by atoms with Gasteiger partial charge in [0, 0.05) is 24.6 Å². The second-order valence-corrected chi connectivity index (χ2v) is 5.48. The van der Waals surface area contributed by atoms with Gasteiger partial charge in [-0.3, -0.25) is 0 Å². The SMILES string of the molecule is CNC(C)c1ccccc1OCc1nnc2n1CCCC2. The number of benzene rings is 1. The normalized spacial score (nSPS) is 15.5. The van der Waals surface area contributed by atoms with Gasteiger partial charge in [-0.2, -0.15) is 0 Å². The van der Waals surface area contributed by atoms with Crippen molar-refractivity contribution < 1.29 is 4.74 Å². The molecule has 0 bridgehead atoms. The van der Waals surface area contributed by atoms with Crippen molar-refractivity contribution in [3.8, 4) is 5.75 Å². The zero-order chi connectivity index (χ0) is 14.7. The minimum Gasteiger partial charge on any atom is -0.485 e. The topological polar surface area (TPSA) is 52.0 Å². The third kappa shape index (κ3) is 2.93. The van der Waals surface area contributed by atoms with Crippen molar-refractivity contribution in [2.24, 2.45) is 0 Å². The van der Waals surface area contributed by atoms with Crippen LogP contribution in [0.1, 0.15) is 43.0 Å². The predicted molar refractivity (Wildman–Crippen MR) is 81.2 cm³/mol. The van der Waals surface area contributed by atoms with Crippen LogP contribution in [-0.4, -0.2) is 21.8 Å². The molecule has 0 saturated heterocycles. The Morgan fingerprint density at radius 2 is 2.14 bits per heavy atom. The van der Waals surface area contributed by atoms with Crippen LogP contribution in [0.15, 0.2) is 24.3 Å². The lowest BCUT2D eigenvalue weighted by Gasteiger charge is -2.17. The molecule has 3 rings (SSSR count). The van der Waals surface area contributed by atoms with Gasteiger partial charge in [-0.15, -0.1) is 10.2 Å². The number of ether oxygens (including phenoxy) is 1. The molecule has 1 atom stereocenters. The molecule has 5 heteroatoms.